The molecule has 0 atom stereocenters. The fourth-order valence-electron chi connectivity index (χ4n) is 1.32. The lowest BCUT2D eigenvalue weighted by Gasteiger charge is -2.06. The van der Waals surface area contributed by atoms with Crippen LogP contribution in [-0.4, -0.2) is 12.1 Å². The zero-order valence-corrected chi connectivity index (χ0v) is 9.09. The molecule has 0 aliphatic heterocycles. The summed E-state index contributed by atoms with van der Waals surface area (Å²) in [5.41, 5.74) is 1.12. The molecule has 0 fully saturated rings. The molecule has 0 radical (unpaired) electrons. The van der Waals surface area contributed by atoms with Gasteiger partial charge in [0.25, 0.3) is 0 Å². The molecule has 1 aromatic heterocycles. The standard InChI is InChI=1S/C13H13NO2/c1-15-12-8-5-9-13(14-12)16-10-11-6-3-2-4-7-11/h2-9H,10H2,1H3. The van der Waals surface area contributed by atoms with E-state index in [2.05, 4.69) is 4.98 Å². The highest BCUT2D eigenvalue weighted by Gasteiger charge is 1.98. The van der Waals surface area contributed by atoms with Gasteiger partial charge >= 0.3 is 0 Å². The van der Waals surface area contributed by atoms with Crippen LogP contribution in [0.2, 0.25) is 0 Å². The fourth-order valence-corrected chi connectivity index (χ4v) is 1.32. The molecule has 3 heteroatoms. The molecule has 3 nitrogen and oxygen atoms in total. The number of ether oxygens (including phenoxy) is 2. The second kappa shape index (κ2) is 5.16. The average Bonchev–Trinajstić information content (AvgIpc) is 2.38. The van der Waals surface area contributed by atoms with Crippen molar-refractivity contribution < 1.29 is 9.47 Å². The molecule has 0 aliphatic carbocycles. The predicted octanol–water partition coefficient (Wildman–Crippen LogP) is 2.67. The summed E-state index contributed by atoms with van der Waals surface area (Å²) in [5.74, 6) is 1.13. The molecule has 0 aliphatic rings. The Bertz CT molecular complexity index is 443. The van der Waals surface area contributed by atoms with Crippen molar-refractivity contribution in [3.05, 3.63) is 54.1 Å². The van der Waals surface area contributed by atoms with E-state index in [-0.39, 0.29) is 0 Å². The van der Waals surface area contributed by atoms with Crippen LogP contribution in [0.5, 0.6) is 11.8 Å². The van der Waals surface area contributed by atoms with Crippen molar-refractivity contribution in [2.24, 2.45) is 0 Å². The molecule has 0 bridgehead atoms. The van der Waals surface area contributed by atoms with Crippen LogP contribution in [0.15, 0.2) is 48.5 Å². The Morgan fingerprint density at radius 3 is 2.44 bits per heavy atom. The van der Waals surface area contributed by atoms with Crippen LogP contribution < -0.4 is 9.47 Å². The van der Waals surface area contributed by atoms with Crippen LogP contribution in [0.3, 0.4) is 0 Å². The van der Waals surface area contributed by atoms with E-state index in [0.717, 1.165) is 5.56 Å². The minimum absolute atomic E-state index is 0.515. The van der Waals surface area contributed by atoms with E-state index < -0.39 is 0 Å². The van der Waals surface area contributed by atoms with Gasteiger partial charge in [-0.3, -0.25) is 0 Å². The van der Waals surface area contributed by atoms with Crippen molar-refractivity contribution in [1.29, 1.82) is 0 Å². The highest BCUT2D eigenvalue weighted by Crippen LogP contribution is 2.14. The maximum Gasteiger partial charge on any atom is 0.216 e. The van der Waals surface area contributed by atoms with Crippen molar-refractivity contribution >= 4 is 0 Å². The summed E-state index contributed by atoms with van der Waals surface area (Å²) in [7, 11) is 1.59. The highest BCUT2D eigenvalue weighted by molar-refractivity contribution is 5.20. The predicted molar refractivity (Wildman–Crippen MR) is 61.6 cm³/mol. The van der Waals surface area contributed by atoms with Gasteiger partial charge in [-0.15, -0.1) is 0 Å². The Morgan fingerprint density at radius 2 is 1.69 bits per heavy atom. The van der Waals surface area contributed by atoms with Crippen molar-refractivity contribution in [2.75, 3.05) is 7.11 Å². The first-order valence-corrected chi connectivity index (χ1v) is 5.06. The minimum Gasteiger partial charge on any atom is -0.481 e. The van der Waals surface area contributed by atoms with Crippen LogP contribution in [0.25, 0.3) is 0 Å². The van der Waals surface area contributed by atoms with Gasteiger partial charge in [-0.25, -0.2) is 0 Å². The fraction of sp³-hybridized carbons (Fsp3) is 0.154. The van der Waals surface area contributed by atoms with Crippen molar-refractivity contribution in [3.63, 3.8) is 0 Å². The lowest BCUT2D eigenvalue weighted by molar-refractivity contribution is 0.287. The third-order valence-electron chi connectivity index (χ3n) is 2.14. The van der Waals surface area contributed by atoms with E-state index in [1.54, 1.807) is 13.2 Å². The Labute approximate surface area is 94.7 Å². The molecular weight excluding hydrogens is 202 g/mol. The average molecular weight is 215 g/mol. The number of hydrogen-bond donors (Lipinski definition) is 0. The highest BCUT2D eigenvalue weighted by atomic mass is 16.5. The maximum atomic E-state index is 5.54. The summed E-state index contributed by atoms with van der Waals surface area (Å²) in [6, 6.07) is 15.4. The first kappa shape index (κ1) is 10.5. The monoisotopic (exact) mass is 215 g/mol. The lowest BCUT2D eigenvalue weighted by Crippen LogP contribution is -1.97. The number of nitrogens with zero attached hydrogens (tertiary/aromatic N) is 1. The zero-order chi connectivity index (χ0) is 11.2. The summed E-state index contributed by atoms with van der Waals surface area (Å²) in [6.45, 7) is 0.515. The molecular formula is C13H13NO2. The van der Waals surface area contributed by atoms with E-state index in [1.807, 2.05) is 42.5 Å². The van der Waals surface area contributed by atoms with Crippen LogP contribution in [0.4, 0.5) is 0 Å². The van der Waals surface area contributed by atoms with E-state index in [4.69, 9.17) is 9.47 Å². The summed E-state index contributed by atoms with van der Waals surface area (Å²) in [6.07, 6.45) is 0. The topological polar surface area (TPSA) is 31.4 Å². The Balaban J connectivity index is 1.99. The Morgan fingerprint density at radius 1 is 0.938 bits per heavy atom. The molecule has 2 aromatic rings. The van der Waals surface area contributed by atoms with Gasteiger partial charge in [0, 0.05) is 12.1 Å². The second-order valence-electron chi connectivity index (χ2n) is 3.29. The van der Waals surface area contributed by atoms with E-state index in [0.29, 0.717) is 18.4 Å². The van der Waals surface area contributed by atoms with Crippen LogP contribution >= 0.6 is 0 Å². The van der Waals surface area contributed by atoms with E-state index in [9.17, 15) is 0 Å². The summed E-state index contributed by atoms with van der Waals surface area (Å²) < 4.78 is 10.6. The molecule has 0 N–H and O–H groups in total. The lowest BCUT2D eigenvalue weighted by atomic mass is 10.2. The molecule has 2 rings (SSSR count). The van der Waals surface area contributed by atoms with E-state index >= 15 is 0 Å². The molecule has 0 saturated heterocycles. The van der Waals surface area contributed by atoms with Gasteiger partial charge in [0.1, 0.15) is 6.61 Å². The third-order valence-corrected chi connectivity index (χ3v) is 2.14. The first-order valence-electron chi connectivity index (χ1n) is 5.06. The van der Waals surface area contributed by atoms with Crippen LogP contribution in [-0.2, 0) is 6.61 Å². The van der Waals surface area contributed by atoms with Crippen molar-refractivity contribution in [1.82, 2.24) is 4.98 Å². The Hall–Kier alpha value is -2.03. The van der Waals surface area contributed by atoms with Gasteiger partial charge in [-0.05, 0) is 5.56 Å². The van der Waals surface area contributed by atoms with Crippen molar-refractivity contribution in [3.8, 4) is 11.8 Å². The van der Waals surface area contributed by atoms with Gasteiger partial charge in [-0.2, -0.15) is 4.98 Å². The normalized spacial score (nSPS) is 9.81. The molecule has 82 valence electrons. The smallest absolute Gasteiger partial charge is 0.216 e. The number of pyridine rings is 1. The summed E-state index contributed by atoms with van der Waals surface area (Å²) in [4.78, 5) is 4.16. The number of methoxy groups -OCH3 is 1. The van der Waals surface area contributed by atoms with Gasteiger partial charge in [0.05, 0.1) is 7.11 Å². The van der Waals surface area contributed by atoms with Gasteiger partial charge < -0.3 is 9.47 Å². The quantitative estimate of drug-likeness (QED) is 0.785. The number of benzene rings is 1. The van der Waals surface area contributed by atoms with E-state index in [1.165, 1.54) is 0 Å². The minimum atomic E-state index is 0.515. The molecule has 0 amide bonds. The Kier molecular flexibility index (Phi) is 3.38. The molecule has 1 aromatic carbocycles. The molecule has 0 saturated carbocycles. The molecule has 16 heavy (non-hydrogen) atoms. The molecule has 0 unspecified atom stereocenters. The molecule has 0 spiro atoms. The van der Waals surface area contributed by atoms with Crippen LogP contribution in [0.1, 0.15) is 5.56 Å². The third kappa shape index (κ3) is 2.73. The second-order valence-corrected chi connectivity index (χ2v) is 3.29. The van der Waals surface area contributed by atoms with Gasteiger partial charge in [0.2, 0.25) is 11.8 Å². The summed E-state index contributed by atoms with van der Waals surface area (Å²) in [5, 5.41) is 0. The molecule has 1 heterocycles. The SMILES string of the molecule is COc1cccc(OCc2ccccc2)n1. The number of hydrogen-bond acceptors (Lipinski definition) is 3. The zero-order valence-electron chi connectivity index (χ0n) is 9.09. The number of rotatable bonds is 4. The van der Waals surface area contributed by atoms with Gasteiger partial charge in [-0.1, -0.05) is 36.4 Å². The maximum absolute atomic E-state index is 5.54. The largest absolute Gasteiger partial charge is 0.481 e. The van der Waals surface area contributed by atoms with Crippen LogP contribution in [0, 0.1) is 0 Å². The first-order chi connectivity index (χ1) is 7.88. The van der Waals surface area contributed by atoms with Crippen molar-refractivity contribution in [2.45, 2.75) is 6.61 Å². The number of aromatic nitrogens is 1. The summed E-state index contributed by atoms with van der Waals surface area (Å²) >= 11 is 0. The van der Waals surface area contributed by atoms with Gasteiger partial charge in [0.15, 0.2) is 0 Å².